The summed E-state index contributed by atoms with van der Waals surface area (Å²) in [6, 6.07) is 2.59. The van der Waals surface area contributed by atoms with Gasteiger partial charge in [-0.1, -0.05) is 6.92 Å². The number of pyridine rings is 1. The quantitative estimate of drug-likeness (QED) is 0.807. The average Bonchev–Trinajstić information content (AvgIpc) is 2.40. The Morgan fingerprint density at radius 2 is 2.05 bits per heavy atom. The molecule has 1 aromatic rings. The van der Waals surface area contributed by atoms with Gasteiger partial charge >= 0.3 is 12.0 Å². The molecular weight excluding hydrogens is 246 g/mol. The Kier molecular flexibility index (Phi) is 5.78. The minimum absolute atomic E-state index is 0.372. The Balaban J connectivity index is 2.40. The van der Waals surface area contributed by atoms with Crippen LogP contribution in [0.25, 0.3) is 0 Å². The molecule has 0 spiro atoms. The highest BCUT2D eigenvalue weighted by molar-refractivity contribution is 5.82. The molecule has 0 aliphatic rings. The molecule has 0 fully saturated rings. The summed E-state index contributed by atoms with van der Waals surface area (Å²) in [5.41, 5.74) is 1.07. The van der Waals surface area contributed by atoms with Crippen LogP contribution in [0, 0.1) is 0 Å². The number of amides is 2. The molecule has 0 radical (unpaired) electrons. The number of urea groups is 1. The van der Waals surface area contributed by atoms with E-state index < -0.39 is 12.0 Å². The molecule has 0 aromatic carbocycles. The Labute approximate surface area is 112 Å². The van der Waals surface area contributed by atoms with Gasteiger partial charge in [0.25, 0.3) is 0 Å². The van der Waals surface area contributed by atoms with Crippen LogP contribution in [0.5, 0.6) is 0 Å². The number of rotatable bonds is 6. The standard InChI is InChI=1S/C13H19N3O3/c1-3-11(12(17)18)16(2)13(19)15-9-6-10-4-7-14-8-5-10/h4-5,7-8,11H,3,6,9H2,1-2H3,(H,15,19)(H,17,18). The number of likely N-dealkylation sites (N-methyl/N-ethyl adjacent to an activating group) is 1. The van der Waals surface area contributed by atoms with Gasteiger partial charge in [0.15, 0.2) is 0 Å². The van der Waals surface area contributed by atoms with Crippen LogP contribution in [0.1, 0.15) is 18.9 Å². The number of aromatic nitrogens is 1. The van der Waals surface area contributed by atoms with Crippen LogP contribution in [0.3, 0.4) is 0 Å². The van der Waals surface area contributed by atoms with Crippen LogP contribution in [0.2, 0.25) is 0 Å². The van der Waals surface area contributed by atoms with Crippen molar-refractivity contribution in [3.63, 3.8) is 0 Å². The molecule has 19 heavy (non-hydrogen) atoms. The third-order valence-corrected chi connectivity index (χ3v) is 2.90. The van der Waals surface area contributed by atoms with Crippen LogP contribution < -0.4 is 5.32 Å². The second-order valence-corrected chi connectivity index (χ2v) is 4.21. The van der Waals surface area contributed by atoms with E-state index in [1.165, 1.54) is 11.9 Å². The average molecular weight is 265 g/mol. The van der Waals surface area contributed by atoms with Gasteiger partial charge in [0.05, 0.1) is 0 Å². The summed E-state index contributed by atoms with van der Waals surface area (Å²) in [5, 5.41) is 11.7. The van der Waals surface area contributed by atoms with E-state index in [4.69, 9.17) is 5.11 Å². The van der Waals surface area contributed by atoms with E-state index in [0.717, 1.165) is 5.56 Å². The van der Waals surface area contributed by atoms with Crippen LogP contribution in [0.15, 0.2) is 24.5 Å². The normalized spacial score (nSPS) is 11.7. The zero-order valence-electron chi connectivity index (χ0n) is 11.2. The third kappa shape index (κ3) is 4.57. The first-order valence-electron chi connectivity index (χ1n) is 6.18. The lowest BCUT2D eigenvalue weighted by Gasteiger charge is -2.23. The molecule has 0 aliphatic carbocycles. The molecule has 2 N–H and O–H groups in total. The van der Waals surface area contributed by atoms with Gasteiger partial charge in [0.1, 0.15) is 6.04 Å². The highest BCUT2D eigenvalue weighted by Crippen LogP contribution is 2.02. The van der Waals surface area contributed by atoms with E-state index >= 15 is 0 Å². The SMILES string of the molecule is CCC(C(=O)O)N(C)C(=O)NCCc1ccncc1. The first-order chi connectivity index (χ1) is 9.06. The van der Waals surface area contributed by atoms with Crippen molar-refractivity contribution in [3.8, 4) is 0 Å². The second kappa shape index (κ2) is 7.35. The van der Waals surface area contributed by atoms with Crippen LogP contribution in [-0.4, -0.2) is 46.6 Å². The van der Waals surface area contributed by atoms with Crippen molar-refractivity contribution in [1.29, 1.82) is 0 Å². The van der Waals surface area contributed by atoms with Crippen LogP contribution in [-0.2, 0) is 11.2 Å². The van der Waals surface area contributed by atoms with Gasteiger partial charge in [-0.15, -0.1) is 0 Å². The van der Waals surface area contributed by atoms with Gasteiger partial charge in [0, 0.05) is 26.0 Å². The number of carbonyl (C=O) groups excluding carboxylic acids is 1. The van der Waals surface area contributed by atoms with Crippen molar-refractivity contribution in [2.24, 2.45) is 0 Å². The molecule has 0 saturated carbocycles. The minimum atomic E-state index is -0.991. The van der Waals surface area contributed by atoms with E-state index in [9.17, 15) is 9.59 Å². The summed E-state index contributed by atoms with van der Waals surface area (Å²) >= 11 is 0. The Hall–Kier alpha value is -2.11. The van der Waals surface area contributed by atoms with Gasteiger partial charge in [-0.05, 0) is 30.5 Å². The number of carboxylic acid groups (broad SMARTS) is 1. The lowest BCUT2D eigenvalue weighted by Crippen LogP contribution is -2.47. The van der Waals surface area contributed by atoms with E-state index in [-0.39, 0.29) is 6.03 Å². The van der Waals surface area contributed by atoms with Crippen molar-refractivity contribution in [3.05, 3.63) is 30.1 Å². The molecule has 6 nitrogen and oxygen atoms in total. The Morgan fingerprint density at radius 3 is 2.58 bits per heavy atom. The zero-order valence-corrected chi connectivity index (χ0v) is 11.2. The predicted molar refractivity (Wildman–Crippen MR) is 70.8 cm³/mol. The number of hydrogen-bond donors (Lipinski definition) is 2. The molecule has 1 rings (SSSR count). The molecule has 1 aromatic heterocycles. The fraction of sp³-hybridized carbons (Fsp3) is 0.462. The van der Waals surface area contributed by atoms with Crippen molar-refractivity contribution in [2.45, 2.75) is 25.8 Å². The van der Waals surface area contributed by atoms with Crippen molar-refractivity contribution in [1.82, 2.24) is 15.2 Å². The molecule has 1 atom stereocenters. The van der Waals surface area contributed by atoms with Gasteiger partial charge in [-0.3, -0.25) is 4.98 Å². The van der Waals surface area contributed by atoms with Gasteiger partial charge in [-0.2, -0.15) is 0 Å². The lowest BCUT2D eigenvalue weighted by atomic mass is 10.2. The largest absolute Gasteiger partial charge is 0.480 e. The van der Waals surface area contributed by atoms with Crippen molar-refractivity contribution in [2.75, 3.05) is 13.6 Å². The number of aliphatic carboxylic acids is 1. The van der Waals surface area contributed by atoms with Crippen molar-refractivity contribution < 1.29 is 14.7 Å². The summed E-state index contributed by atoms with van der Waals surface area (Å²) in [4.78, 5) is 27.8. The smallest absolute Gasteiger partial charge is 0.326 e. The molecule has 104 valence electrons. The summed E-state index contributed by atoms with van der Waals surface area (Å²) < 4.78 is 0. The maximum absolute atomic E-state index is 11.8. The first kappa shape index (κ1) is 14.9. The van der Waals surface area contributed by atoms with E-state index in [1.54, 1.807) is 19.3 Å². The molecule has 0 saturated heterocycles. The number of hydrogen-bond acceptors (Lipinski definition) is 3. The fourth-order valence-electron chi connectivity index (χ4n) is 1.74. The van der Waals surface area contributed by atoms with Gasteiger partial charge in [-0.25, -0.2) is 9.59 Å². The molecule has 2 amide bonds. The maximum atomic E-state index is 11.8. The Morgan fingerprint density at radius 1 is 1.42 bits per heavy atom. The van der Waals surface area contributed by atoms with Crippen molar-refractivity contribution >= 4 is 12.0 Å². The Bertz CT molecular complexity index is 422. The molecule has 0 aliphatic heterocycles. The molecular formula is C13H19N3O3. The minimum Gasteiger partial charge on any atom is -0.480 e. The topological polar surface area (TPSA) is 82.5 Å². The first-order valence-corrected chi connectivity index (χ1v) is 6.18. The molecule has 6 heteroatoms. The molecule has 1 heterocycles. The number of nitrogens with zero attached hydrogens (tertiary/aromatic N) is 2. The summed E-state index contributed by atoms with van der Waals surface area (Å²) in [6.45, 7) is 2.20. The molecule has 0 bridgehead atoms. The van der Waals surface area contributed by atoms with Crippen LogP contribution >= 0.6 is 0 Å². The lowest BCUT2D eigenvalue weighted by molar-refractivity contribution is -0.141. The van der Waals surface area contributed by atoms with E-state index in [0.29, 0.717) is 19.4 Å². The summed E-state index contributed by atoms with van der Waals surface area (Å²) in [5.74, 6) is -0.991. The van der Waals surface area contributed by atoms with Crippen LogP contribution in [0.4, 0.5) is 4.79 Å². The van der Waals surface area contributed by atoms with E-state index in [2.05, 4.69) is 10.3 Å². The highest BCUT2D eigenvalue weighted by atomic mass is 16.4. The maximum Gasteiger partial charge on any atom is 0.326 e. The second-order valence-electron chi connectivity index (χ2n) is 4.21. The van der Waals surface area contributed by atoms with E-state index in [1.807, 2.05) is 12.1 Å². The number of nitrogens with one attached hydrogen (secondary N) is 1. The van der Waals surface area contributed by atoms with Gasteiger partial charge < -0.3 is 15.3 Å². The molecule has 1 unspecified atom stereocenters. The number of carbonyl (C=O) groups is 2. The fourth-order valence-corrected chi connectivity index (χ4v) is 1.74. The predicted octanol–water partition coefficient (Wildman–Crippen LogP) is 1.13. The highest BCUT2D eigenvalue weighted by Gasteiger charge is 2.24. The summed E-state index contributed by atoms with van der Waals surface area (Å²) in [7, 11) is 1.49. The number of carboxylic acids is 1. The zero-order chi connectivity index (χ0) is 14.3. The summed E-state index contributed by atoms with van der Waals surface area (Å²) in [6.07, 6.45) is 4.46. The monoisotopic (exact) mass is 265 g/mol. The van der Waals surface area contributed by atoms with Gasteiger partial charge in [0.2, 0.25) is 0 Å². The third-order valence-electron chi connectivity index (χ3n) is 2.90.